The summed E-state index contributed by atoms with van der Waals surface area (Å²) in [5, 5.41) is 2.87. The molecule has 2 fully saturated rings. The van der Waals surface area contributed by atoms with Gasteiger partial charge in [0, 0.05) is 13.7 Å². The molecule has 1 aliphatic carbocycles. The third-order valence-corrected chi connectivity index (χ3v) is 3.68. The summed E-state index contributed by atoms with van der Waals surface area (Å²) < 4.78 is 5.05. The SMILES string of the molecule is CCCC1NC(=O)C(C2CC2)N(CCOC)C1=O. The van der Waals surface area contributed by atoms with Gasteiger partial charge in [0.05, 0.1) is 6.61 Å². The molecule has 102 valence electrons. The van der Waals surface area contributed by atoms with Crippen molar-refractivity contribution < 1.29 is 14.3 Å². The largest absolute Gasteiger partial charge is 0.383 e. The summed E-state index contributed by atoms with van der Waals surface area (Å²) in [5.74, 6) is 0.436. The number of nitrogens with one attached hydrogen (secondary N) is 1. The van der Waals surface area contributed by atoms with Crippen LogP contribution >= 0.6 is 0 Å². The summed E-state index contributed by atoms with van der Waals surface area (Å²) in [6.07, 6.45) is 3.70. The Morgan fingerprint density at radius 3 is 2.67 bits per heavy atom. The van der Waals surface area contributed by atoms with Crippen molar-refractivity contribution in [1.29, 1.82) is 0 Å². The van der Waals surface area contributed by atoms with E-state index < -0.39 is 0 Å². The summed E-state index contributed by atoms with van der Waals surface area (Å²) in [6, 6.07) is -0.602. The van der Waals surface area contributed by atoms with Crippen LogP contribution in [0, 0.1) is 5.92 Å². The van der Waals surface area contributed by atoms with E-state index in [2.05, 4.69) is 5.32 Å². The number of rotatable bonds is 6. The lowest BCUT2D eigenvalue weighted by atomic mass is 10.0. The third-order valence-electron chi connectivity index (χ3n) is 3.68. The minimum Gasteiger partial charge on any atom is -0.383 e. The fraction of sp³-hybridized carbons (Fsp3) is 0.846. The Labute approximate surface area is 108 Å². The Balaban J connectivity index is 2.10. The summed E-state index contributed by atoms with van der Waals surface area (Å²) in [6.45, 7) is 3.02. The second-order valence-corrected chi connectivity index (χ2v) is 5.16. The van der Waals surface area contributed by atoms with Crippen molar-refractivity contribution >= 4 is 11.8 Å². The van der Waals surface area contributed by atoms with Crippen molar-refractivity contribution in [3.8, 4) is 0 Å². The number of hydrogen-bond donors (Lipinski definition) is 1. The van der Waals surface area contributed by atoms with Crippen molar-refractivity contribution in [2.75, 3.05) is 20.3 Å². The minimum absolute atomic E-state index is 0.0200. The lowest BCUT2D eigenvalue weighted by Gasteiger charge is -2.39. The first-order chi connectivity index (χ1) is 8.69. The summed E-state index contributed by atoms with van der Waals surface area (Å²) in [5.41, 5.74) is 0. The van der Waals surface area contributed by atoms with E-state index in [1.165, 1.54) is 0 Å². The van der Waals surface area contributed by atoms with Crippen molar-refractivity contribution in [3.63, 3.8) is 0 Å². The fourth-order valence-corrected chi connectivity index (χ4v) is 2.60. The van der Waals surface area contributed by atoms with Crippen LogP contribution < -0.4 is 5.32 Å². The molecule has 2 atom stereocenters. The predicted octanol–water partition coefficient (Wildman–Crippen LogP) is 0.539. The highest BCUT2D eigenvalue weighted by atomic mass is 16.5. The van der Waals surface area contributed by atoms with Crippen molar-refractivity contribution in [2.24, 2.45) is 5.92 Å². The van der Waals surface area contributed by atoms with Gasteiger partial charge in [0.25, 0.3) is 0 Å². The maximum Gasteiger partial charge on any atom is 0.245 e. The van der Waals surface area contributed by atoms with Crippen LogP contribution in [-0.4, -0.2) is 49.1 Å². The van der Waals surface area contributed by atoms with E-state index in [9.17, 15) is 9.59 Å². The highest BCUT2D eigenvalue weighted by Gasteiger charge is 2.47. The molecule has 1 N–H and O–H groups in total. The van der Waals surface area contributed by atoms with Gasteiger partial charge in [0.15, 0.2) is 0 Å². The number of ether oxygens (including phenoxy) is 1. The molecule has 0 aromatic heterocycles. The quantitative estimate of drug-likeness (QED) is 0.752. The second-order valence-electron chi connectivity index (χ2n) is 5.16. The molecule has 1 saturated carbocycles. The summed E-state index contributed by atoms with van der Waals surface area (Å²) in [4.78, 5) is 26.2. The van der Waals surface area contributed by atoms with Crippen molar-refractivity contribution in [1.82, 2.24) is 10.2 Å². The Kier molecular flexibility index (Phi) is 4.22. The molecule has 2 unspecified atom stereocenters. The third kappa shape index (κ3) is 2.66. The Morgan fingerprint density at radius 1 is 1.39 bits per heavy atom. The standard InChI is InChI=1S/C13H22N2O3/c1-3-4-10-13(17)15(7-8-18-2)11(9-5-6-9)12(16)14-10/h9-11H,3-8H2,1-2H3,(H,14,16). The normalized spacial score (nSPS) is 28.4. The summed E-state index contributed by atoms with van der Waals surface area (Å²) in [7, 11) is 1.62. The minimum atomic E-state index is -0.339. The highest BCUT2D eigenvalue weighted by molar-refractivity contribution is 5.97. The van der Waals surface area contributed by atoms with Gasteiger partial charge in [-0.1, -0.05) is 13.3 Å². The maximum absolute atomic E-state index is 12.4. The molecule has 1 aliphatic heterocycles. The van der Waals surface area contributed by atoms with E-state index in [4.69, 9.17) is 4.74 Å². The van der Waals surface area contributed by atoms with Crippen LogP contribution in [0.4, 0.5) is 0 Å². The molecular weight excluding hydrogens is 232 g/mol. The Morgan fingerprint density at radius 2 is 2.11 bits per heavy atom. The van der Waals surface area contributed by atoms with Crippen LogP contribution in [0.5, 0.6) is 0 Å². The second kappa shape index (κ2) is 5.69. The molecular formula is C13H22N2O3. The number of hydrogen-bond acceptors (Lipinski definition) is 3. The van der Waals surface area contributed by atoms with Crippen LogP contribution in [0.2, 0.25) is 0 Å². The van der Waals surface area contributed by atoms with Gasteiger partial charge in [-0.15, -0.1) is 0 Å². The van der Waals surface area contributed by atoms with Crippen LogP contribution in [0.15, 0.2) is 0 Å². The molecule has 2 rings (SSSR count). The number of carbonyl (C=O) groups excluding carboxylic acids is 2. The highest BCUT2D eigenvalue weighted by Crippen LogP contribution is 2.37. The average Bonchev–Trinajstić information content (AvgIpc) is 3.16. The zero-order valence-electron chi connectivity index (χ0n) is 11.1. The van der Waals surface area contributed by atoms with Crippen molar-refractivity contribution in [3.05, 3.63) is 0 Å². The predicted molar refractivity (Wildman–Crippen MR) is 66.9 cm³/mol. The van der Waals surface area contributed by atoms with Gasteiger partial charge in [-0.3, -0.25) is 9.59 Å². The lowest BCUT2D eigenvalue weighted by Crippen LogP contribution is -2.64. The van der Waals surface area contributed by atoms with Crippen LogP contribution in [0.1, 0.15) is 32.6 Å². The number of nitrogens with zero attached hydrogens (tertiary/aromatic N) is 1. The first-order valence-corrected chi connectivity index (χ1v) is 6.78. The van der Waals surface area contributed by atoms with Gasteiger partial charge in [-0.2, -0.15) is 0 Å². The van der Waals surface area contributed by atoms with E-state index in [1.54, 1.807) is 12.0 Å². The number of carbonyl (C=O) groups is 2. The molecule has 0 spiro atoms. The van der Waals surface area contributed by atoms with Gasteiger partial charge in [0.2, 0.25) is 11.8 Å². The Bertz CT molecular complexity index is 328. The summed E-state index contributed by atoms with van der Waals surface area (Å²) >= 11 is 0. The lowest BCUT2D eigenvalue weighted by molar-refractivity contribution is -0.151. The van der Waals surface area contributed by atoms with Gasteiger partial charge in [-0.05, 0) is 25.2 Å². The van der Waals surface area contributed by atoms with E-state index >= 15 is 0 Å². The molecule has 5 heteroatoms. The van der Waals surface area contributed by atoms with Gasteiger partial charge in [0.1, 0.15) is 12.1 Å². The van der Waals surface area contributed by atoms with E-state index in [0.29, 0.717) is 25.5 Å². The molecule has 0 aromatic rings. The van der Waals surface area contributed by atoms with Crippen LogP contribution in [-0.2, 0) is 14.3 Å². The zero-order valence-corrected chi connectivity index (χ0v) is 11.1. The van der Waals surface area contributed by atoms with Crippen molar-refractivity contribution in [2.45, 2.75) is 44.7 Å². The molecule has 0 aromatic carbocycles. The number of amides is 2. The average molecular weight is 254 g/mol. The van der Waals surface area contributed by atoms with Gasteiger partial charge >= 0.3 is 0 Å². The molecule has 0 radical (unpaired) electrons. The Hall–Kier alpha value is -1.10. The zero-order chi connectivity index (χ0) is 13.1. The smallest absolute Gasteiger partial charge is 0.245 e. The van der Waals surface area contributed by atoms with Gasteiger partial charge < -0.3 is 15.0 Å². The van der Waals surface area contributed by atoms with Crippen LogP contribution in [0.3, 0.4) is 0 Å². The maximum atomic E-state index is 12.4. The molecule has 5 nitrogen and oxygen atoms in total. The molecule has 2 amide bonds. The van der Waals surface area contributed by atoms with Crippen LogP contribution in [0.25, 0.3) is 0 Å². The number of piperazine rings is 1. The van der Waals surface area contributed by atoms with E-state index in [1.807, 2.05) is 6.92 Å². The van der Waals surface area contributed by atoms with E-state index in [-0.39, 0.29) is 23.9 Å². The monoisotopic (exact) mass is 254 g/mol. The molecule has 2 aliphatic rings. The first-order valence-electron chi connectivity index (χ1n) is 6.78. The fourth-order valence-electron chi connectivity index (χ4n) is 2.60. The first kappa shape index (κ1) is 13.3. The molecule has 18 heavy (non-hydrogen) atoms. The topological polar surface area (TPSA) is 58.6 Å². The number of methoxy groups -OCH3 is 1. The van der Waals surface area contributed by atoms with Gasteiger partial charge in [-0.25, -0.2) is 0 Å². The molecule has 1 heterocycles. The molecule has 0 bridgehead atoms. The molecule has 1 saturated heterocycles. The van der Waals surface area contributed by atoms with E-state index in [0.717, 1.165) is 19.3 Å².